The minimum Gasteiger partial charge on any atom is -0.381 e. The fraction of sp³-hybridized carbons (Fsp3) is 0.667. The van der Waals surface area contributed by atoms with E-state index in [-0.39, 0.29) is 0 Å². The summed E-state index contributed by atoms with van der Waals surface area (Å²) in [4.78, 5) is 9.05. The lowest BCUT2D eigenvalue weighted by molar-refractivity contribution is 0.193. The van der Waals surface area contributed by atoms with Gasteiger partial charge in [0.05, 0.1) is 6.61 Å². The summed E-state index contributed by atoms with van der Waals surface area (Å²) < 4.78 is 5.36. The molecule has 1 aliphatic heterocycles. The number of aryl methyl sites for hydroxylation is 1. The van der Waals surface area contributed by atoms with E-state index in [1.54, 1.807) is 0 Å². The third kappa shape index (κ3) is 2.23. The first-order valence-electron chi connectivity index (χ1n) is 5.80. The van der Waals surface area contributed by atoms with Gasteiger partial charge in [-0.25, -0.2) is 9.97 Å². The van der Waals surface area contributed by atoms with Gasteiger partial charge in [0.1, 0.15) is 5.82 Å². The van der Waals surface area contributed by atoms with Gasteiger partial charge < -0.3 is 10.1 Å². The zero-order chi connectivity index (χ0) is 11.5. The van der Waals surface area contributed by atoms with Crippen LogP contribution in [0, 0.1) is 6.92 Å². The zero-order valence-corrected chi connectivity index (χ0v) is 10.2. The second-order valence-electron chi connectivity index (χ2n) is 4.34. The second-order valence-corrected chi connectivity index (χ2v) is 4.34. The predicted octanol–water partition coefficient (Wildman–Crippen LogP) is 1.57. The lowest BCUT2D eigenvalue weighted by Gasteiger charge is -2.14. The van der Waals surface area contributed by atoms with Crippen LogP contribution in [0.4, 0.5) is 0 Å². The number of hydrogen-bond donors (Lipinski definition) is 1. The Labute approximate surface area is 96.4 Å². The smallest absolute Gasteiger partial charge is 0.134 e. The van der Waals surface area contributed by atoms with Crippen molar-refractivity contribution < 1.29 is 4.74 Å². The van der Waals surface area contributed by atoms with Crippen molar-refractivity contribution in [3.63, 3.8) is 0 Å². The van der Waals surface area contributed by atoms with E-state index in [1.807, 2.05) is 20.2 Å². The molecule has 2 atom stereocenters. The fourth-order valence-corrected chi connectivity index (χ4v) is 2.01. The average molecular weight is 221 g/mol. The molecule has 2 heterocycles. The molecule has 1 saturated heterocycles. The van der Waals surface area contributed by atoms with E-state index < -0.39 is 0 Å². The van der Waals surface area contributed by atoms with Crippen molar-refractivity contribution in [3.8, 4) is 0 Å². The van der Waals surface area contributed by atoms with Gasteiger partial charge >= 0.3 is 0 Å². The van der Waals surface area contributed by atoms with Crippen molar-refractivity contribution in [2.45, 2.75) is 32.2 Å². The normalized spacial score (nSPS) is 22.3. The summed E-state index contributed by atoms with van der Waals surface area (Å²) in [6, 6.07) is 0.300. The van der Waals surface area contributed by atoms with E-state index in [0.29, 0.717) is 12.0 Å². The Bertz CT molecular complexity index is 361. The lowest BCUT2D eigenvalue weighted by atomic mass is 10.1. The largest absolute Gasteiger partial charge is 0.381 e. The van der Waals surface area contributed by atoms with Crippen LogP contribution in [0.1, 0.15) is 42.4 Å². The molecule has 16 heavy (non-hydrogen) atoms. The van der Waals surface area contributed by atoms with Crippen molar-refractivity contribution in [1.29, 1.82) is 0 Å². The van der Waals surface area contributed by atoms with Gasteiger partial charge in [-0.3, -0.25) is 0 Å². The Kier molecular flexibility index (Phi) is 3.51. The average Bonchev–Trinajstić information content (AvgIpc) is 2.81. The lowest BCUT2D eigenvalue weighted by Crippen LogP contribution is -2.16. The first kappa shape index (κ1) is 11.5. The fourth-order valence-electron chi connectivity index (χ4n) is 2.01. The zero-order valence-electron chi connectivity index (χ0n) is 10.2. The van der Waals surface area contributed by atoms with Crippen LogP contribution in [-0.4, -0.2) is 30.2 Å². The quantitative estimate of drug-likeness (QED) is 0.841. The van der Waals surface area contributed by atoms with Crippen LogP contribution in [0.5, 0.6) is 0 Å². The summed E-state index contributed by atoms with van der Waals surface area (Å²) in [5.74, 6) is 1.32. The molecule has 2 unspecified atom stereocenters. The third-order valence-electron chi connectivity index (χ3n) is 3.23. The minimum absolute atomic E-state index is 0.300. The molecule has 88 valence electrons. The Balaban J connectivity index is 2.21. The summed E-state index contributed by atoms with van der Waals surface area (Å²) >= 11 is 0. The number of ether oxygens (including phenoxy) is 1. The van der Waals surface area contributed by atoms with Gasteiger partial charge in [0.25, 0.3) is 0 Å². The van der Waals surface area contributed by atoms with Gasteiger partial charge in [-0.1, -0.05) is 0 Å². The van der Waals surface area contributed by atoms with Crippen LogP contribution in [0.3, 0.4) is 0 Å². The molecule has 4 heteroatoms. The van der Waals surface area contributed by atoms with Crippen molar-refractivity contribution in [2.75, 3.05) is 20.3 Å². The maximum absolute atomic E-state index is 5.36. The number of hydrogen-bond acceptors (Lipinski definition) is 4. The summed E-state index contributed by atoms with van der Waals surface area (Å²) in [7, 11) is 1.95. The monoisotopic (exact) mass is 221 g/mol. The molecule has 1 N–H and O–H groups in total. The Morgan fingerprint density at radius 1 is 1.56 bits per heavy atom. The molecular weight excluding hydrogens is 202 g/mol. The molecular formula is C12H19N3O. The molecule has 0 aromatic carbocycles. The summed E-state index contributed by atoms with van der Waals surface area (Å²) in [6.07, 6.45) is 2.98. The highest BCUT2D eigenvalue weighted by molar-refractivity contribution is 5.20. The van der Waals surface area contributed by atoms with Gasteiger partial charge in [0.15, 0.2) is 0 Å². The third-order valence-corrected chi connectivity index (χ3v) is 3.23. The maximum atomic E-state index is 5.36. The van der Waals surface area contributed by atoms with Crippen molar-refractivity contribution in [3.05, 3.63) is 23.3 Å². The van der Waals surface area contributed by atoms with Crippen LogP contribution >= 0.6 is 0 Å². The molecule has 1 aromatic heterocycles. The SMILES string of the molecule is CNC(C)c1cnc(C2CCOC2)nc1C. The van der Waals surface area contributed by atoms with E-state index in [2.05, 4.69) is 22.2 Å². The highest BCUT2D eigenvalue weighted by Gasteiger charge is 2.21. The molecule has 1 fully saturated rings. The van der Waals surface area contributed by atoms with Crippen molar-refractivity contribution >= 4 is 0 Å². The van der Waals surface area contributed by atoms with Crippen LogP contribution in [0.2, 0.25) is 0 Å². The van der Waals surface area contributed by atoms with Gasteiger partial charge in [0, 0.05) is 36.0 Å². The van der Waals surface area contributed by atoms with Gasteiger partial charge in [0.2, 0.25) is 0 Å². The van der Waals surface area contributed by atoms with Gasteiger partial charge in [-0.15, -0.1) is 0 Å². The van der Waals surface area contributed by atoms with E-state index in [9.17, 15) is 0 Å². The molecule has 2 rings (SSSR count). The molecule has 0 spiro atoms. The van der Waals surface area contributed by atoms with E-state index in [4.69, 9.17) is 4.74 Å². The van der Waals surface area contributed by atoms with Crippen LogP contribution in [0.15, 0.2) is 6.20 Å². The maximum Gasteiger partial charge on any atom is 0.134 e. The van der Waals surface area contributed by atoms with Crippen LogP contribution < -0.4 is 5.32 Å². The Hall–Kier alpha value is -1.00. The number of nitrogens with zero attached hydrogens (tertiary/aromatic N) is 2. The van der Waals surface area contributed by atoms with E-state index in [0.717, 1.165) is 31.2 Å². The molecule has 0 saturated carbocycles. The Morgan fingerprint density at radius 3 is 2.94 bits per heavy atom. The molecule has 4 nitrogen and oxygen atoms in total. The summed E-state index contributed by atoms with van der Waals surface area (Å²) in [5, 5.41) is 3.21. The van der Waals surface area contributed by atoms with Gasteiger partial charge in [-0.05, 0) is 27.3 Å². The number of rotatable bonds is 3. The standard InChI is InChI=1S/C12H19N3O/c1-8(13-3)11-6-14-12(15-9(11)2)10-4-5-16-7-10/h6,8,10,13H,4-5,7H2,1-3H3. The second kappa shape index (κ2) is 4.89. The molecule has 0 bridgehead atoms. The molecule has 0 radical (unpaired) electrons. The van der Waals surface area contributed by atoms with Crippen molar-refractivity contribution in [2.24, 2.45) is 0 Å². The predicted molar refractivity (Wildman–Crippen MR) is 62.4 cm³/mol. The molecule has 0 aliphatic carbocycles. The van der Waals surface area contributed by atoms with E-state index in [1.165, 1.54) is 5.56 Å². The Morgan fingerprint density at radius 2 is 2.38 bits per heavy atom. The van der Waals surface area contributed by atoms with Crippen LogP contribution in [0.25, 0.3) is 0 Å². The minimum atomic E-state index is 0.300. The summed E-state index contributed by atoms with van der Waals surface area (Å²) in [5.41, 5.74) is 2.24. The summed E-state index contributed by atoms with van der Waals surface area (Å²) in [6.45, 7) is 5.76. The molecule has 1 aromatic rings. The van der Waals surface area contributed by atoms with E-state index >= 15 is 0 Å². The molecule has 1 aliphatic rings. The first-order chi connectivity index (χ1) is 7.72. The number of aromatic nitrogens is 2. The van der Waals surface area contributed by atoms with Crippen molar-refractivity contribution in [1.82, 2.24) is 15.3 Å². The highest BCUT2D eigenvalue weighted by Crippen LogP contribution is 2.23. The van der Waals surface area contributed by atoms with Crippen LogP contribution in [-0.2, 0) is 4.74 Å². The topological polar surface area (TPSA) is 47.0 Å². The van der Waals surface area contributed by atoms with Gasteiger partial charge in [-0.2, -0.15) is 0 Å². The molecule has 0 amide bonds. The number of nitrogens with one attached hydrogen (secondary N) is 1. The highest BCUT2D eigenvalue weighted by atomic mass is 16.5. The first-order valence-corrected chi connectivity index (χ1v) is 5.80.